The predicted molar refractivity (Wildman–Crippen MR) is 88.6 cm³/mol. The van der Waals surface area contributed by atoms with Gasteiger partial charge in [-0.3, -0.25) is 4.79 Å². The van der Waals surface area contributed by atoms with Gasteiger partial charge in [-0.25, -0.2) is 0 Å². The first-order valence-electron chi connectivity index (χ1n) is 6.94. The van der Waals surface area contributed by atoms with Gasteiger partial charge in [0, 0.05) is 10.2 Å². The highest BCUT2D eigenvalue weighted by molar-refractivity contribution is 9.10. The maximum absolute atomic E-state index is 11.5. The van der Waals surface area contributed by atoms with Crippen molar-refractivity contribution in [1.82, 2.24) is 5.32 Å². The topological polar surface area (TPSA) is 41.1 Å². The highest BCUT2D eigenvalue weighted by Gasteiger charge is 2.21. The van der Waals surface area contributed by atoms with Crippen LogP contribution in [0.1, 0.15) is 28.3 Å². The Morgan fingerprint density at radius 1 is 1.24 bits per heavy atom. The summed E-state index contributed by atoms with van der Waals surface area (Å²) in [5.74, 6) is 0.0691. The van der Waals surface area contributed by atoms with Gasteiger partial charge in [0.15, 0.2) is 0 Å². The second-order valence-corrected chi connectivity index (χ2v) is 6.24. The van der Waals surface area contributed by atoms with Crippen LogP contribution in [0.25, 0.3) is 0 Å². The zero-order valence-corrected chi connectivity index (χ0v) is 13.6. The Hall–Kier alpha value is -1.65. The van der Waals surface area contributed by atoms with E-state index in [0.717, 1.165) is 21.3 Å². The average molecular weight is 345 g/mol. The SMILES string of the molecule is CNC(c1ccc2c(c1)CC(=O)N2)c1ccc(C)cc1Br. The Morgan fingerprint density at radius 2 is 2.05 bits per heavy atom. The summed E-state index contributed by atoms with van der Waals surface area (Å²) in [4.78, 5) is 11.5. The molecule has 0 aliphatic carbocycles. The second-order valence-electron chi connectivity index (χ2n) is 5.39. The summed E-state index contributed by atoms with van der Waals surface area (Å²) in [6, 6.07) is 12.6. The van der Waals surface area contributed by atoms with Crippen molar-refractivity contribution in [3.05, 3.63) is 63.1 Å². The number of hydrogen-bond donors (Lipinski definition) is 2. The number of amides is 1. The predicted octanol–water partition coefficient (Wildman–Crippen LogP) is 3.56. The van der Waals surface area contributed by atoms with Gasteiger partial charge in [0.1, 0.15) is 0 Å². The highest BCUT2D eigenvalue weighted by atomic mass is 79.9. The summed E-state index contributed by atoms with van der Waals surface area (Å²) in [5, 5.41) is 6.23. The Bertz CT molecular complexity index is 712. The lowest BCUT2D eigenvalue weighted by Crippen LogP contribution is -2.18. The zero-order chi connectivity index (χ0) is 15.0. The van der Waals surface area contributed by atoms with Crippen molar-refractivity contribution in [3.63, 3.8) is 0 Å². The van der Waals surface area contributed by atoms with Gasteiger partial charge in [-0.2, -0.15) is 0 Å². The van der Waals surface area contributed by atoms with Gasteiger partial charge >= 0.3 is 0 Å². The van der Waals surface area contributed by atoms with Crippen LogP contribution in [0.3, 0.4) is 0 Å². The third-order valence-corrected chi connectivity index (χ3v) is 4.53. The van der Waals surface area contributed by atoms with E-state index in [1.165, 1.54) is 11.1 Å². The molecular weight excluding hydrogens is 328 g/mol. The number of fused-ring (bicyclic) bond motifs is 1. The molecule has 0 saturated carbocycles. The lowest BCUT2D eigenvalue weighted by Gasteiger charge is -2.20. The van der Waals surface area contributed by atoms with Gasteiger partial charge in [-0.15, -0.1) is 0 Å². The lowest BCUT2D eigenvalue weighted by molar-refractivity contribution is -0.115. The van der Waals surface area contributed by atoms with Crippen LogP contribution in [-0.4, -0.2) is 13.0 Å². The molecule has 1 atom stereocenters. The van der Waals surface area contributed by atoms with E-state index in [0.29, 0.717) is 6.42 Å². The molecule has 0 fully saturated rings. The van der Waals surface area contributed by atoms with E-state index < -0.39 is 0 Å². The molecule has 2 aromatic rings. The third-order valence-electron chi connectivity index (χ3n) is 3.84. The normalized spacial score (nSPS) is 14.7. The molecular formula is C17H17BrN2O. The van der Waals surface area contributed by atoms with E-state index in [4.69, 9.17) is 0 Å². The van der Waals surface area contributed by atoms with Gasteiger partial charge in [0.2, 0.25) is 5.91 Å². The van der Waals surface area contributed by atoms with E-state index in [-0.39, 0.29) is 11.9 Å². The average Bonchev–Trinajstić information content (AvgIpc) is 2.81. The number of anilines is 1. The fraction of sp³-hybridized carbons (Fsp3) is 0.235. The van der Waals surface area contributed by atoms with E-state index in [1.807, 2.05) is 13.1 Å². The molecule has 0 aromatic heterocycles. The summed E-state index contributed by atoms with van der Waals surface area (Å²) in [6.45, 7) is 2.08. The molecule has 2 aromatic carbocycles. The van der Waals surface area contributed by atoms with Crippen LogP contribution in [0.5, 0.6) is 0 Å². The number of carbonyl (C=O) groups is 1. The number of halogens is 1. The van der Waals surface area contributed by atoms with Crippen molar-refractivity contribution >= 4 is 27.5 Å². The van der Waals surface area contributed by atoms with Gasteiger partial charge < -0.3 is 10.6 Å². The van der Waals surface area contributed by atoms with E-state index >= 15 is 0 Å². The number of aryl methyl sites for hydroxylation is 1. The lowest BCUT2D eigenvalue weighted by atomic mass is 9.96. The third kappa shape index (κ3) is 2.74. The number of hydrogen-bond acceptors (Lipinski definition) is 2. The monoisotopic (exact) mass is 344 g/mol. The van der Waals surface area contributed by atoms with Crippen molar-refractivity contribution < 1.29 is 4.79 Å². The van der Waals surface area contributed by atoms with Crippen LogP contribution in [0, 0.1) is 6.92 Å². The fourth-order valence-corrected chi connectivity index (χ4v) is 3.52. The summed E-state index contributed by atoms with van der Waals surface area (Å²) >= 11 is 3.65. The molecule has 4 heteroatoms. The molecule has 3 rings (SSSR count). The minimum atomic E-state index is 0.0691. The largest absolute Gasteiger partial charge is 0.326 e. The Morgan fingerprint density at radius 3 is 2.76 bits per heavy atom. The number of rotatable bonds is 3. The molecule has 0 spiro atoms. The van der Waals surface area contributed by atoms with E-state index in [2.05, 4.69) is 63.8 Å². The first-order valence-corrected chi connectivity index (χ1v) is 7.74. The smallest absolute Gasteiger partial charge is 0.228 e. The summed E-state index contributed by atoms with van der Waals surface area (Å²) in [6.07, 6.45) is 0.467. The van der Waals surface area contributed by atoms with Crippen molar-refractivity contribution in [2.24, 2.45) is 0 Å². The molecule has 21 heavy (non-hydrogen) atoms. The zero-order valence-electron chi connectivity index (χ0n) is 12.0. The van der Waals surface area contributed by atoms with Crippen LogP contribution < -0.4 is 10.6 Å². The molecule has 1 aliphatic heterocycles. The second kappa shape index (κ2) is 5.62. The summed E-state index contributed by atoms with van der Waals surface area (Å²) in [7, 11) is 1.95. The van der Waals surface area contributed by atoms with Crippen LogP contribution in [0.2, 0.25) is 0 Å². The number of carbonyl (C=O) groups excluding carboxylic acids is 1. The van der Waals surface area contributed by atoms with Crippen LogP contribution in [0.4, 0.5) is 5.69 Å². The van der Waals surface area contributed by atoms with Crippen molar-refractivity contribution in [2.75, 3.05) is 12.4 Å². The molecule has 1 aliphatic rings. The molecule has 2 N–H and O–H groups in total. The first kappa shape index (κ1) is 14.3. The molecule has 1 unspecified atom stereocenters. The van der Waals surface area contributed by atoms with Crippen LogP contribution in [0.15, 0.2) is 40.9 Å². The molecule has 1 heterocycles. The first-order chi connectivity index (χ1) is 10.1. The highest BCUT2D eigenvalue weighted by Crippen LogP contribution is 2.32. The summed E-state index contributed by atoms with van der Waals surface area (Å²) < 4.78 is 1.09. The number of nitrogens with one attached hydrogen (secondary N) is 2. The maximum Gasteiger partial charge on any atom is 0.228 e. The summed E-state index contributed by atoms with van der Waals surface area (Å²) in [5.41, 5.74) is 5.59. The minimum Gasteiger partial charge on any atom is -0.326 e. The molecule has 108 valence electrons. The van der Waals surface area contributed by atoms with Crippen LogP contribution in [-0.2, 0) is 11.2 Å². The van der Waals surface area contributed by atoms with Gasteiger partial charge in [0.25, 0.3) is 0 Å². The molecule has 3 nitrogen and oxygen atoms in total. The quantitative estimate of drug-likeness (QED) is 0.893. The minimum absolute atomic E-state index is 0.0691. The van der Waals surface area contributed by atoms with E-state index in [9.17, 15) is 4.79 Å². The standard InChI is InChI=1S/C17H17BrN2O/c1-10-3-5-13(14(18)7-10)17(19-2)11-4-6-15-12(8-11)9-16(21)20-15/h3-8,17,19H,9H2,1-2H3,(H,20,21). The molecule has 1 amide bonds. The maximum atomic E-state index is 11.5. The number of benzene rings is 2. The van der Waals surface area contributed by atoms with Crippen molar-refractivity contribution in [2.45, 2.75) is 19.4 Å². The van der Waals surface area contributed by atoms with Gasteiger partial charge in [-0.1, -0.05) is 40.2 Å². The molecule has 0 radical (unpaired) electrons. The Kier molecular flexibility index (Phi) is 3.83. The Labute approximate surface area is 132 Å². The Balaban J connectivity index is 2.01. The van der Waals surface area contributed by atoms with Crippen LogP contribution >= 0.6 is 15.9 Å². The van der Waals surface area contributed by atoms with Gasteiger partial charge in [-0.05, 0) is 48.4 Å². The molecule has 0 bridgehead atoms. The van der Waals surface area contributed by atoms with Crippen molar-refractivity contribution in [1.29, 1.82) is 0 Å². The fourth-order valence-electron chi connectivity index (χ4n) is 2.80. The van der Waals surface area contributed by atoms with Crippen molar-refractivity contribution in [3.8, 4) is 0 Å². The molecule has 0 saturated heterocycles. The van der Waals surface area contributed by atoms with Gasteiger partial charge in [0.05, 0.1) is 12.5 Å². The van der Waals surface area contributed by atoms with E-state index in [1.54, 1.807) is 0 Å².